The number of carbonyl (C=O) groups is 1. The lowest BCUT2D eigenvalue weighted by atomic mass is 9.98. The van der Waals surface area contributed by atoms with Crippen LogP contribution in [0.1, 0.15) is 6.42 Å². The molecule has 0 radical (unpaired) electrons. The maximum Gasteiger partial charge on any atom is 0.329 e. The molecule has 0 aromatic rings. The highest BCUT2D eigenvalue weighted by Crippen LogP contribution is 2.16. The molecule has 0 heterocycles. The molecule has 0 bridgehead atoms. The Labute approximate surface area is 62.2 Å². The average Bonchev–Trinajstić information content (AvgIpc) is 1.87. The average molecular weight is 168 g/mol. The molecule has 0 aliphatic carbocycles. The molecule has 6 heteroatoms. The van der Waals surface area contributed by atoms with Gasteiger partial charge in [-0.05, 0) is 13.0 Å². The topological polar surface area (TPSA) is 89.3 Å². The fourth-order valence-corrected chi connectivity index (χ4v) is 0.548. The van der Waals surface area contributed by atoms with Crippen molar-refractivity contribution >= 4 is 5.97 Å². The molecule has 66 valence electrons. The molecule has 0 amide bonds. The highest BCUT2D eigenvalue weighted by atomic mass is 19.3. The minimum absolute atomic E-state index is 0.173. The van der Waals surface area contributed by atoms with Crippen LogP contribution in [0.15, 0.2) is 0 Å². The van der Waals surface area contributed by atoms with E-state index in [0.717, 1.165) is 0 Å². The van der Waals surface area contributed by atoms with E-state index in [4.69, 9.17) is 16.6 Å². The number of halogens is 2. The number of rotatable bonds is 4. The molecular formula is C5H10F2N2O2. The van der Waals surface area contributed by atoms with Gasteiger partial charge in [0.25, 0.3) is 6.43 Å². The summed E-state index contributed by atoms with van der Waals surface area (Å²) in [6.45, 7) is -0.173. The normalized spacial score (nSPS) is 16.5. The SMILES string of the molecule is NCCC(N)(C(=O)O)C(F)F. The van der Waals surface area contributed by atoms with Gasteiger partial charge in [0.05, 0.1) is 0 Å². The molecule has 0 aliphatic rings. The number of carboxylic acid groups (broad SMARTS) is 1. The first-order valence-electron chi connectivity index (χ1n) is 2.95. The standard InChI is InChI=1S/C5H10F2N2O2/c6-3(7)5(9,1-2-8)4(10)11/h3H,1-2,8-9H2,(H,10,11). The van der Waals surface area contributed by atoms with Gasteiger partial charge < -0.3 is 16.6 Å². The van der Waals surface area contributed by atoms with E-state index < -0.39 is 24.4 Å². The van der Waals surface area contributed by atoms with Gasteiger partial charge in [-0.3, -0.25) is 0 Å². The van der Waals surface area contributed by atoms with E-state index in [1.807, 2.05) is 0 Å². The van der Waals surface area contributed by atoms with Gasteiger partial charge in [-0.1, -0.05) is 0 Å². The Balaban J connectivity index is 4.38. The summed E-state index contributed by atoms with van der Waals surface area (Å²) in [6, 6.07) is 0. The number of hydrogen-bond acceptors (Lipinski definition) is 3. The number of carboxylic acids is 1. The molecule has 0 aliphatic heterocycles. The third-order valence-corrected chi connectivity index (χ3v) is 1.35. The largest absolute Gasteiger partial charge is 0.480 e. The van der Waals surface area contributed by atoms with Gasteiger partial charge in [0.15, 0.2) is 5.54 Å². The van der Waals surface area contributed by atoms with Crippen LogP contribution in [0.25, 0.3) is 0 Å². The van der Waals surface area contributed by atoms with Gasteiger partial charge in [0, 0.05) is 0 Å². The van der Waals surface area contributed by atoms with Gasteiger partial charge in [-0.2, -0.15) is 0 Å². The van der Waals surface area contributed by atoms with Crippen LogP contribution in [-0.2, 0) is 4.79 Å². The second-order valence-electron chi connectivity index (χ2n) is 2.18. The summed E-state index contributed by atoms with van der Waals surface area (Å²) in [5.74, 6) is -1.72. The van der Waals surface area contributed by atoms with E-state index in [1.54, 1.807) is 0 Å². The van der Waals surface area contributed by atoms with Crippen molar-refractivity contribution in [1.82, 2.24) is 0 Å². The van der Waals surface area contributed by atoms with Crippen LogP contribution < -0.4 is 11.5 Å². The number of aliphatic carboxylic acids is 1. The van der Waals surface area contributed by atoms with Crippen LogP contribution in [0.4, 0.5) is 8.78 Å². The molecule has 5 N–H and O–H groups in total. The number of nitrogens with two attached hydrogens (primary N) is 2. The molecule has 0 aromatic heterocycles. The second kappa shape index (κ2) is 3.59. The van der Waals surface area contributed by atoms with E-state index in [0.29, 0.717) is 0 Å². The Bertz CT molecular complexity index is 153. The zero-order valence-corrected chi connectivity index (χ0v) is 5.76. The fourth-order valence-electron chi connectivity index (χ4n) is 0.548. The van der Waals surface area contributed by atoms with E-state index in [2.05, 4.69) is 0 Å². The number of hydrogen-bond donors (Lipinski definition) is 3. The summed E-state index contributed by atoms with van der Waals surface area (Å²) in [5, 5.41) is 8.27. The van der Waals surface area contributed by atoms with Gasteiger partial charge in [0.2, 0.25) is 0 Å². The second-order valence-corrected chi connectivity index (χ2v) is 2.18. The Morgan fingerprint density at radius 2 is 2.09 bits per heavy atom. The maximum atomic E-state index is 12.0. The maximum absolute atomic E-state index is 12.0. The zero-order valence-electron chi connectivity index (χ0n) is 5.76. The lowest BCUT2D eigenvalue weighted by Gasteiger charge is -2.22. The molecule has 0 spiro atoms. The summed E-state index contributed by atoms with van der Waals surface area (Å²) < 4.78 is 23.9. The molecule has 0 saturated heterocycles. The van der Waals surface area contributed by atoms with E-state index in [1.165, 1.54) is 0 Å². The Kier molecular flexibility index (Phi) is 3.34. The van der Waals surface area contributed by atoms with Crippen LogP contribution in [0.5, 0.6) is 0 Å². The van der Waals surface area contributed by atoms with Gasteiger partial charge >= 0.3 is 5.97 Å². The third kappa shape index (κ3) is 2.09. The quantitative estimate of drug-likeness (QED) is 0.522. The summed E-state index contributed by atoms with van der Waals surface area (Å²) in [6.07, 6.45) is -3.52. The van der Waals surface area contributed by atoms with E-state index in [9.17, 15) is 13.6 Å². The Morgan fingerprint density at radius 1 is 1.64 bits per heavy atom. The van der Waals surface area contributed by atoms with Crippen LogP contribution in [0.3, 0.4) is 0 Å². The van der Waals surface area contributed by atoms with Crippen molar-refractivity contribution in [3.63, 3.8) is 0 Å². The van der Waals surface area contributed by atoms with Crippen molar-refractivity contribution in [3.05, 3.63) is 0 Å². The Hall–Kier alpha value is -0.750. The summed E-state index contributed by atoms with van der Waals surface area (Å²) >= 11 is 0. The predicted molar refractivity (Wildman–Crippen MR) is 34.2 cm³/mol. The van der Waals surface area contributed by atoms with Crippen molar-refractivity contribution in [2.45, 2.75) is 18.4 Å². The van der Waals surface area contributed by atoms with Crippen LogP contribution in [0.2, 0.25) is 0 Å². The molecule has 0 saturated carbocycles. The van der Waals surface area contributed by atoms with Crippen molar-refractivity contribution in [2.24, 2.45) is 11.5 Å². The monoisotopic (exact) mass is 168 g/mol. The fraction of sp³-hybridized carbons (Fsp3) is 0.800. The molecule has 1 unspecified atom stereocenters. The van der Waals surface area contributed by atoms with Crippen LogP contribution >= 0.6 is 0 Å². The lowest BCUT2D eigenvalue weighted by molar-refractivity contribution is -0.149. The lowest BCUT2D eigenvalue weighted by Crippen LogP contribution is -2.55. The highest BCUT2D eigenvalue weighted by Gasteiger charge is 2.42. The van der Waals surface area contributed by atoms with Crippen molar-refractivity contribution in [2.75, 3.05) is 6.54 Å². The van der Waals surface area contributed by atoms with Crippen molar-refractivity contribution in [1.29, 1.82) is 0 Å². The first-order chi connectivity index (χ1) is 4.95. The first-order valence-corrected chi connectivity index (χ1v) is 2.95. The predicted octanol–water partition coefficient (Wildman–Crippen LogP) is -0.618. The van der Waals surface area contributed by atoms with Gasteiger partial charge in [-0.25, -0.2) is 13.6 Å². The molecule has 0 fully saturated rings. The number of alkyl halides is 2. The molecule has 0 rings (SSSR count). The smallest absolute Gasteiger partial charge is 0.329 e. The Morgan fingerprint density at radius 3 is 2.18 bits per heavy atom. The molecule has 4 nitrogen and oxygen atoms in total. The van der Waals surface area contributed by atoms with Crippen LogP contribution in [-0.4, -0.2) is 29.6 Å². The minimum Gasteiger partial charge on any atom is -0.480 e. The molecule has 11 heavy (non-hydrogen) atoms. The highest BCUT2D eigenvalue weighted by molar-refractivity contribution is 5.79. The van der Waals surface area contributed by atoms with Gasteiger partial charge in [0.1, 0.15) is 0 Å². The first kappa shape index (κ1) is 10.2. The summed E-state index contributed by atoms with van der Waals surface area (Å²) in [4.78, 5) is 10.2. The molecule has 1 atom stereocenters. The zero-order chi connectivity index (χ0) is 9.07. The summed E-state index contributed by atoms with van der Waals surface area (Å²) in [5.41, 5.74) is 7.29. The molecule has 0 aromatic carbocycles. The minimum atomic E-state index is -3.09. The van der Waals surface area contributed by atoms with E-state index in [-0.39, 0.29) is 6.54 Å². The van der Waals surface area contributed by atoms with E-state index >= 15 is 0 Å². The molecular weight excluding hydrogens is 158 g/mol. The van der Waals surface area contributed by atoms with Crippen molar-refractivity contribution in [3.8, 4) is 0 Å². The van der Waals surface area contributed by atoms with Crippen molar-refractivity contribution < 1.29 is 18.7 Å². The summed E-state index contributed by atoms with van der Waals surface area (Å²) in [7, 11) is 0. The third-order valence-electron chi connectivity index (χ3n) is 1.35. The van der Waals surface area contributed by atoms with Gasteiger partial charge in [-0.15, -0.1) is 0 Å². The van der Waals surface area contributed by atoms with Crippen LogP contribution in [0, 0.1) is 0 Å².